The number of allylic oxidation sites excluding steroid dienone is 1. The zero-order valence-corrected chi connectivity index (χ0v) is 28.1. The molecule has 3 fully saturated rings. The summed E-state index contributed by atoms with van der Waals surface area (Å²) >= 11 is 0. The van der Waals surface area contributed by atoms with E-state index in [0.29, 0.717) is 25.7 Å². The summed E-state index contributed by atoms with van der Waals surface area (Å²) in [5.41, 5.74) is 0.00115. The average molecular weight is 649 g/mol. The van der Waals surface area contributed by atoms with Gasteiger partial charge in [0.15, 0.2) is 12.1 Å². The van der Waals surface area contributed by atoms with Crippen molar-refractivity contribution >= 4 is 11.6 Å². The predicted molar refractivity (Wildman–Crippen MR) is 164 cm³/mol. The summed E-state index contributed by atoms with van der Waals surface area (Å²) in [6, 6.07) is 0. The van der Waals surface area contributed by atoms with Gasteiger partial charge in [0.2, 0.25) is 0 Å². The van der Waals surface area contributed by atoms with Crippen molar-refractivity contribution in [3.8, 4) is 0 Å². The molecule has 4 aliphatic carbocycles. The van der Waals surface area contributed by atoms with E-state index >= 15 is 0 Å². The van der Waals surface area contributed by atoms with E-state index in [4.69, 9.17) is 19.2 Å². The van der Waals surface area contributed by atoms with Crippen LogP contribution in [0.5, 0.6) is 0 Å². The van der Waals surface area contributed by atoms with E-state index in [1.807, 2.05) is 13.8 Å². The highest BCUT2D eigenvalue weighted by Gasteiger charge is 2.70. The minimum absolute atomic E-state index is 0.00554. The summed E-state index contributed by atoms with van der Waals surface area (Å²) < 4.78 is 11.9. The largest absolute Gasteiger partial charge is 0.390 e. The van der Waals surface area contributed by atoms with Crippen LogP contribution in [0.4, 0.5) is 0 Å². The molecular weight excluding hydrogens is 596 g/mol. The van der Waals surface area contributed by atoms with Crippen molar-refractivity contribution in [2.75, 3.05) is 6.61 Å². The maximum absolute atomic E-state index is 14.0. The lowest BCUT2D eigenvalue weighted by molar-refractivity contribution is -0.341. The third-order valence-electron chi connectivity index (χ3n) is 12.6. The highest BCUT2D eigenvalue weighted by atomic mass is 17.2. The van der Waals surface area contributed by atoms with Crippen LogP contribution in [0, 0.1) is 34.0 Å². The van der Waals surface area contributed by atoms with E-state index in [2.05, 4.69) is 26.8 Å². The van der Waals surface area contributed by atoms with Crippen LogP contribution in [-0.4, -0.2) is 98.3 Å². The summed E-state index contributed by atoms with van der Waals surface area (Å²) in [5.74, 6) is -1.41. The van der Waals surface area contributed by atoms with Crippen LogP contribution < -0.4 is 0 Å². The van der Waals surface area contributed by atoms with Gasteiger partial charge in [-0.25, -0.2) is 9.78 Å². The zero-order chi connectivity index (χ0) is 33.7. The molecule has 0 aromatic heterocycles. The van der Waals surface area contributed by atoms with Crippen LogP contribution in [0.1, 0.15) is 87.0 Å². The number of rotatable bonds is 7. The lowest BCUT2D eigenvalue weighted by atomic mass is 9.50. The van der Waals surface area contributed by atoms with Crippen molar-refractivity contribution in [2.45, 2.75) is 142 Å². The molecule has 13 unspecified atom stereocenters. The maximum Gasteiger partial charge on any atom is 0.186 e. The van der Waals surface area contributed by atoms with Gasteiger partial charge in [-0.3, -0.25) is 9.59 Å². The van der Waals surface area contributed by atoms with Crippen molar-refractivity contribution in [3.05, 3.63) is 22.8 Å². The lowest BCUT2D eigenvalue weighted by Crippen LogP contribution is -2.56. The molecule has 2 bridgehead atoms. The second kappa shape index (κ2) is 11.5. The Labute approximate surface area is 270 Å². The molecule has 1 saturated carbocycles. The van der Waals surface area contributed by atoms with Crippen LogP contribution in [0.25, 0.3) is 0 Å². The number of Topliss-reactive ketones (excluding diaryl/α,β-unsaturated/α-hetero) is 2. The minimum Gasteiger partial charge on any atom is -0.390 e. The SMILES string of the molecule is CC(CC(=O)CC(C)(C)O)C1C(=O)C(O)C2(C)C3CC4OOC(C3=CCC12C)C1=C4C(C)(C)C(OC2OCC(O)C(O)C2O)CC1. The van der Waals surface area contributed by atoms with Crippen molar-refractivity contribution in [1.29, 1.82) is 0 Å². The number of ketones is 2. The normalized spacial score (nSPS) is 45.8. The highest BCUT2D eigenvalue weighted by Crippen LogP contribution is 2.69. The first-order chi connectivity index (χ1) is 21.3. The molecule has 2 saturated heterocycles. The Morgan fingerprint density at radius 1 is 1.11 bits per heavy atom. The van der Waals surface area contributed by atoms with E-state index in [1.165, 1.54) is 0 Å². The van der Waals surface area contributed by atoms with Crippen molar-refractivity contribution in [2.24, 2.45) is 34.0 Å². The predicted octanol–water partition coefficient (Wildman–Crippen LogP) is 2.30. The number of carbonyl (C=O) groups is 2. The van der Waals surface area contributed by atoms with Crippen LogP contribution in [0.2, 0.25) is 0 Å². The summed E-state index contributed by atoms with van der Waals surface area (Å²) in [4.78, 5) is 39.1. The van der Waals surface area contributed by atoms with E-state index < -0.39 is 76.8 Å². The molecule has 3 aliphatic heterocycles. The first kappa shape index (κ1) is 34.3. The fraction of sp³-hybridized carbons (Fsp3) is 0.829. The molecule has 5 N–H and O–H groups in total. The van der Waals surface area contributed by atoms with Crippen molar-refractivity contribution in [3.63, 3.8) is 0 Å². The number of carbonyl (C=O) groups excluding carboxylic acids is 2. The maximum atomic E-state index is 14.0. The van der Waals surface area contributed by atoms with Crippen LogP contribution in [0.3, 0.4) is 0 Å². The molecule has 11 nitrogen and oxygen atoms in total. The average Bonchev–Trinajstić information content (AvgIpc) is 3.12. The fourth-order valence-electron chi connectivity index (χ4n) is 10.2. The van der Waals surface area contributed by atoms with Crippen LogP contribution >= 0.6 is 0 Å². The Morgan fingerprint density at radius 3 is 2.48 bits per heavy atom. The smallest absolute Gasteiger partial charge is 0.186 e. The van der Waals surface area contributed by atoms with Gasteiger partial charge >= 0.3 is 0 Å². The quantitative estimate of drug-likeness (QED) is 0.203. The third-order valence-corrected chi connectivity index (χ3v) is 12.6. The number of ether oxygens (including phenoxy) is 2. The number of fused-ring (bicyclic) bond motifs is 2. The Balaban J connectivity index is 1.29. The number of hydrogen-bond acceptors (Lipinski definition) is 11. The summed E-state index contributed by atoms with van der Waals surface area (Å²) in [6.07, 6.45) is -3.00. The monoisotopic (exact) mass is 648 g/mol. The second-order valence-electron chi connectivity index (χ2n) is 16.5. The molecule has 7 aliphatic rings. The van der Waals surface area contributed by atoms with Gasteiger partial charge < -0.3 is 35.0 Å². The molecular formula is C35H52O11. The minimum atomic E-state index is -1.40. The molecule has 7 rings (SSSR count). The van der Waals surface area contributed by atoms with Gasteiger partial charge in [0.1, 0.15) is 42.4 Å². The molecule has 0 aromatic rings. The Bertz CT molecular complexity index is 1310. The van der Waals surface area contributed by atoms with E-state index in [9.17, 15) is 35.1 Å². The number of aliphatic hydroxyl groups excluding tert-OH is 4. The Hall–Kier alpha value is -1.54. The molecule has 0 spiro atoms. The van der Waals surface area contributed by atoms with Gasteiger partial charge in [-0.15, -0.1) is 0 Å². The molecule has 11 heteroatoms. The summed E-state index contributed by atoms with van der Waals surface area (Å²) in [5, 5.41) is 52.7. The van der Waals surface area contributed by atoms with Gasteiger partial charge in [0.05, 0.1) is 18.3 Å². The van der Waals surface area contributed by atoms with Gasteiger partial charge in [0.25, 0.3) is 0 Å². The van der Waals surface area contributed by atoms with Crippen LogP contribution in [0.15, 0.2) is 22.8 Å². The zero-order valence-electron chi connectivity index (χ0n) is 28.1. The van der Waals surface area contributed by atoms with Gasteiger partial charge in [-0.05, 0) is 73.5 Å². The number of aliphatic hydroxyl groups is 5. The lowest BCUT2D eigenvalue weighted by Gasteiger charge is -2.53. The molecule has 0 amide bonds. The Morgan fingerprint density at radius 2 is 1.80 bits per heavy atom. The van der Waals surface area contributed by atoms with E-state index in [1.54, 1.807) is 13.8 Å². The van der Waals surface area contributed by atoms with Crippen molar-refractivity contribution in [1.82, 2.24) is 0 Å². The summed E-state index contributed by atoms with van der Waals surface area (Å²) in [7, 11) is 0. The Kier molecular flexibility index (Phi) is 8.60. The van der Waals surface area contributed by atoms with Gasteiger partial charge in [-0.1, -0.05) is 40.7 Å². The molecule has 0 aromatic carbocycles. The summed E-state index contributed by atoms with van der Waals surface area (Å²) in [6.45, 7) is 13.2. The molecule has 3 heterocycles. The van der Waals surface area contributed by atoms with Crippen molar-refractivity contribution < 1.29 is 54.4 Å². The molecule has 46 heavy (non-hydrogen) atoms. The second-order valence-corrected chi connectivity index (χ2v) is 16.5. The third kappa shape index (κ3) is 5.11. The molecule has 258 valence electrons. The standard InChI is InChI=1S/C35H52O11/c1-16(12-17(36)14-32(2,3)42)24-27(39)30(41)35(7)20-13-22-25-19(29(46-45-22)18(20)10-11-34(24,35)6)8-9-23(33(25,4)5)44-31-28(40)26(38)21(37)15-43-31/h10,16,20-24,26,28-31,37-38,40-42H,8-9,11-15H2,1-7H3. The topological polar surface area (TPSA) is 172 Å². The van der Waals surface area contributed by atoms with Crippen LogP contribution in [-0.2, 0) is 28.8 Å². The first-order valence-corrected chi connectivity index (χ1v) is 16.9. The highest BCUT2D eigenvalue weighted by molar-refractivity contribution is 5.91. The number of hydrogen-bond donors (Lipinski definition) is 5. The van der Waals surface area contributed by atoms with Gasteiger partial charge in [-0.2, -0.15) is 0 Å². The van der Waals surface area contributed by atoms with Gasteiger partial charge in [0, 0.05) is 29.6 Å². The first-order valence-electron chi connectivity index (χ1n) is 16.9. The molecule has 0 radical (unpaired) electrons. The van der Waals surface area contributed by atoms with E-state index in [0.717, 1.165) is 16.7 Å². The van der Waals surface area contributed by atoms with E-state index in [-0.39, 0.29) is 42.9 Å². The molecule has 13 atom stereocenters. The fourth-order valence-corrected chi connectivity index (χ4v) is 10.2.